The van der Waals surface area contributed by atoms with E-state index in [2.05, 4.69) is 10.6 Å². The summed E-state index contributed by atoms with van der Waals surface area (Å²) in [5, 5.41) is 14.7. The van der Waals surface area contributed by atoms with Crippen LogP contribution >= 0.6 is 11.6 Å². The maximum Gasteiger partial charge on any atom is 0.410 e. The molecule has 1 saturated heterocycles. The number of carbonyl (C=O) groups excluding carboxylic acids is 2. The van der Waals surface area contributed by atoms with Crippen LogP contribution < -0.4 is 10.6 Å². The van der Waals surface area contributed by atoms with E-state index in [0.29, 0.717) is 29.2 Å². The molecule has 0 saturated carbocycles. The summed E-state index contributed by atoms with van der Waals surface area (Å²) < 4.78 is 17.3. The van der Waals surface area contributed by atoms with Gasteiger partial charge in [0.05, 0.1) is 12.6 Å². The zero-order valence-corrected chi connectivity index (χ0v) is 25.5. The summed E-state index contributed by atoms with van der Waals surface area (Å²) in [4.78, 5) is 38.6. The Labute approximate surface area is 252 Å². The van der Waals surface area contributed by atoms with Crippen molar-refractivity contribution in [3.8, 4) is 0 Å². The highest BCUT2D eigenvalue weighted by Gasteiger charge is 2.29. The van der Waals surface area contributed by atoms with Crippen LogP contribution in [-0.2, 0) is 14.2 Å². The van der Waals surface area contributed by atoms with E-state index in [4.69, 9.17) is 30.9 Å². The number of halogens is 1. The minimum absolute atomic E-state index is 0.102. The van der Waals surface area contributed by atoms with Crippen LogP contribution in [-0.4, -0.2) is 79.7 Å². The van der Waals surface area contributed by atoms with Gasteiger partial charge in [-0.1, -0.05) is 35.9 Å². The van der Waals surface area contributed by atoms with E-state index < -0.39 is 23.9 Å². The summed E-state index contributed by atoms with van der Waals surface area (Å²) in [5.74, 6) is -0.0168. The molecule has 0 spiro atoms. The standard InChI is InChI=1S/C31H42ClN3O7/c1-31(2,3)42-30(39)35(4)26(16-21-8-7-14-40-20-21)19-34-28(36)24-11-5-9-22(17-24)27(41-15-13-33-29(37)38)23-10-6-12-25(32)18-23/h5-6,9-12,17-18,21,26-27,33H,7-8,13-16,19-20H2,1-4H3,(H,34,36)(H,37,38)/t21-,26-,27?/m1/s1. The summed E-state index contributed by atoms with van der Waals surface area (Å²) in [6.07, 6.45) is 0.480. The number of benzene rings is 2. The number of hydrogen-bond donors (Lipinski definition) is 3. The second-order valence-corrected chi connectivity index (χ2v) is 11.9. The number of likely N-dealkylation sites (N-methyl/N-ethyl adjacent to an activating group) is 1. The lowest BCUT2D eigenvalue weighted by Gasteiger charge is -2.34. The summed E-state index contributed by atoms with van der Waals surface area (Å²) in [5.41, 5.74) is 1.26. The molecule has 3 amide bonds. The van der Waals surface area contributed by atoms with Crippen LogP contribution in [0.2, 0.25) is 5.02 Å². The predicted octanol–water partition coefficient (Wildman–Crippen LogP) is 5.50. The molecule has 1 fully saturated rings. The molecule has 0 aliphatic carbocycles. The molecule has 230 valence electrons. The van der Waals surface area contributed by atoms with Crippen molar-refractivity contribution in [2.45, 2.75) is 57.8 Å². The number of carbonyl (C=O) groups is 3. The van der Waals surface area contributed by atoms with E-state index in [1.165, 1.54) is 0 Å². The molecule has 3 rings (SSSR count). The number of hydrogen-bond acceptors (Lipinski definition) is 6. The summed E-state index contributed by atoms with van der Waals surface area (Å²) in [7, 11) is 1.70. The second-order valence-electron chi connectivity index (χ2n) is 11.4. The van der Waals surface area contributed by atoms with Crippen molar-refractivity contribution in [1.82, 2.24) is 15.5 Å². The van der Waals surface area contributed by atoms with E-state index in [9.17, 15) is 14.4 Å². The molecule has 1 aliphatic rings. The lowest BCUT2D eigenvalue weighted by molar-refractivity contribution is 0.0112. The lowest BCUT2D eigenvalue weighted by Crippen LogP contribution is -2.48. The summed E-state index contributed by atoms with van der Waals surface area (Å²) >= 11 is 6.23. The Balaban J connectivity index is 1.75. The van der Waals surface area contributed by atoms with Gasteiger partial charge in [0.1, 0.15) is 11.7 Å². The molecular weight excluding hydrogens is 562 g/mol. The zero-order chi connectivity index (χ0) is 30.7. The first kappa shape index (κ1) is 33.2. The first-order chi connectivity index (χ1) is 19.9. The molecule has 2 aromatic carbocycles. The van der Waals surface area contributed by atoms with E-state index in [1.807, 2.05) is 32.9 Å². The number of carboxylic acid groups (broad SMARTS) is 1. The molecule has 0 aromatic heterocycles. The molecule has 3 N–H and O–H groups in total. The Hall–Kier alpha value is -3.34. The fourth-order valence-corrected chi connectivity index (χ4v) is 4.98. The van der Waals surface area contributed by atoms with Gasteiger partial charge in [0.2, 0.25) is 0 Å². The maximum atomic E-state index is 13.4. The van der Waals surface area contributed by atoms with Gasteiger partial charge in [-0.25, -0.2) is 9.59 Å². The quantitative estimate of drug-likeness (QED) is 0.274. The van der Waals surface area contributed by atoms with Crippen LogP contribution in [0.25, 0.3) is 0 Å². The van der Waals surface area contributed by atoms with Crippen molar-refractivity contribution in [1.29, 1.82) is 0 Å². The molecule has 3 atom stereocenters. The highest BCUT2D eigenvalue weighted by atomic mass is 35.5. The van der Waals surface area contributed by atoms with Crippen molar-refractivity contribution in [2.75, 3.05) is 40.0 Å². The van der Waals surface area contributed by atoms with Gasteiger partial charge in [0, 0.05) is 43.9 Å². The highest BCUT2D eigenvalue weighted by molar-refractivity contribution is 6.30. The summed E-state index contributed by atoms with van der Waals surface area (Å²) in [6, 6.07) is 14.0. The first-order valence-electron chi connectivity index (χ1n) is 14.2. The minimum Gasteiger partial charge on any atom is -0.465 e. The molecule has 0 radical (unpaired) electrons. The van der Waals surface area contributed by atoms with E-state index in [0.717, 1.165) is 25.0 Å². The second kappa shape index (κ2) is 15.8. The fraction of sp³-hybridized carbons (Fsp3) is 0.516. The number of ether oxygens (including phenoxy) is 3. The van der Waals surface area contributed by atoms with E-state index >= 15 is 0 Å². The molecule has 1 unspecified atom stereocenters. The zero-order valence-electron chi connectivity index (χ0n) is 24.7. The van der Waals surface area contributed by atoms with Crippen LogP contribution in [0, 0.1) is 5.92 Å². The van der Waals surface area contributed by atoms with E-state index in [1.54, 1.807) is 48.3 Å². The smallest absolute Gasteiger partial charge is 0.410 e. The number of amides is 3. The third-order valence-electron chi connectivity index (χ3n) is 6.85. The Kier molecular flexibility index (Phi) is 12.4. The highest BCUT2D eigenvalue weighted by Crippen LogP contribution is 2.29. The van der Waals surface area contributed by atoms with Gasteiger partial charge in [-0.3, -0.25) is 4.79 Å². The van der Waals surface area contributed by atoms with Crippen LogP contribution in [0.3, 0.4) is 0 Å². The molecule has 0 bridgehead atoms. The van der Waals surface area contributed by atoms with Gasteiger partial charge in [-0.2, -0.15) is 0 Å². The molecular formula is C31H42ClN3O7. The Bertz CT molecular complexity index is 1200. The van der Waals surface area contributed by atoms with Gasteiger partial charge >= 0.3 is 12.2 Å². The summed E-state index contributed by atoms with van der Waals surface area (Å²) in [6.45, 7) is 7.29. The van der Waals surface area contributed by atoms with Crippen molar-refractivity contribution in [2.24, 2.45) is 5.92 Å². The van der Waals surface area contributed by atoms with Gasteiger partial charge in [-0.05, 0) is 81.3 Å². The first-order valence-corrected chi connectivity index (χ1v) is 14.6. The Morgan fingerprint density at radius 2 is 1.83 bits per heavy atom. The minimum atomic E-state index is -1.14. The normalized spacial score (nSPS) is 16.6. The van der Waals surface area contributed by atoms with Gasteiger partial charge in [0.25, 0.3) is 5.91 Å². The van der Waals surface area contributed by atoms with Crippen LogP contribution in [0.5, 0.6) is 0 Å². The van der Waals surface area contributed by atoms with Crippen molar-refractivity contribution < 1.29 is 33.7 Å². The third kappa shape index (κ3) is 10.8. The molecule has 1 heterocycles. The van der Waals surface area contributed by atoms with Crippen LogP contribution in [0.15, 0.2) is 48.5 Å². The third-order valence-corrected chi connectivity index (χ3v) is 7.09. The van der Waals surface area contributed by atoms with Gasteiger partial charge in [0.15, 0.2) is 0 Å². The van der Waals surface area contributed by atoms with Crippen molar-refractivity contribution >= 4 is 29.7 Å². The SMILES string of the molecule is CN(C(=O)OC(C)(C)C)[C@@H](CNC(=O)c1cccc(C(OCCNC(=O)O)c2cccc(Cl)c2)c1)C[C@H]1CCCOC1. The molecule has 11 heteroatoms. The Morgan fingerprint density at radius 3 is 2.48 bits per heavy atom. The molecule has 1 aliphatic heterocycles. The molecule has 10 nitrogen and oxygen atoms in total. The Morgan fingerprint density at radius 1 is 1.12 bits per heavy atom. The number of nitrogens with zero attached hydrogens (tertiary/aromatic N) is 1. The van der Waals surface area contributed by atoms with Crippen LogP contribution in [0.4, 0.5) is 9.59 Å². The maximum absolute atomic E-state index is 13.4. The van der Waals surface area contributed by atoms with E-state index in [-0.39, 0.29) is 37.6 Å². The number of nitrogens with one attached hydrogen (secondary N) is 2. The average Bonchev–Trinajstić information content (AvgIpc) is 2.94. The van der Waals surface area contributed by atoms with Crippen molar-refractivity contribution in [3.05, 3.63) is 70.2 Å². The topological polar surface area (TPSA) is 126 Å². The molecule has 42 heavy (non-hydrogen) atoms. The number of rotatable bonds is 12. The van der Waals surface area contributed by atoms with Crippen molar-refractivity contribution in [3.63, 3.8) is 0 Å². The average molecular weight is 604 g/mol. The van der Waals surface area contributed by atoms with Crippen LogP contribution in [0.1, 0.15) is 67.6 Å². The lowest BCUT2D eigenvalue weighted by atomic mass is 9.93. The van der Waals surface area contributed by atoms with Gasteiger partial charge < -0.3 is 34.9 Å². The monoisotopic (exact) mass is 603 g/mol. The largest absolute Gasteiger partial charge is 0.465 e. The fourth-order valence-electron chi connectivity index (χ4n) is 4.78. The molecule has 2 aromatic rings. The predicted molar refractivity (Wildman–Crippen MR) is 160 cm³/mol. The van der Waals surface area contributed by atoms with Gasteiger partial charge in [-0.15, -0.1) is 0 Å².